The van der Waals surface area contributed by atoms with E-state index in [-0.39, 0.29) is 51.3 Å². The van der Waals surface area contributed by atoms with Gasteiger partial charge in [-0.25, -0.2) is 0 Å². The second-order valence-electron chi connectivity index (χ2n) is 3.80. The molecular formula is C12H22ClO7P. The van der Waals surface area contributed by atoms with Gasteiger partial charge in [0.25, 0.3) is 0 Å². The fraction of sp³-hybridized carbons (Fsp3) is 0.833. The van der Waals surface area contributed by atoms with Gasteiger partial charge in [-0.2, -0.15) is 0 Å². The number of ether oxygens (including phenoxy) is 2. The summed E-state index contributed by atoms with van der Waals surface area (Å²) in [6.07, 6.45) is -0.0527. The molecule has 0 aromatic heterocycles. The van der Waals surface area contributed by atoms with E-state index in [9.17, 15) is 14.2 Å². The minimum absolute atomic E-state index is 0.000205. The van der Waals surface area contributed by atoms with Crippen LogP contribution >= 0.6 is 19.2 Å². The molecule has 9 heteroatoms. The Bertz CT molecular complexity index is 334. The molecule has 0 aliphatic heterocycles. The van der Waals surface area contributed by atoms with E-state index in [0.29, 0.717) is 0 Å². The van der Waals surface area contributed by atoms with Gasteiger partial charge in [-0.15, -0.1) is 11.6 Å². The molecule has 21 heavy (non-hydrogen) atoms. The van der Waals surface area contributed by atoms with Gasteiger partial charge in [-0.3, -0.25) is 14.2 Å². The average molecular weight is 345 g/mol. The summed E-state index contributed by atoms with van der Waals surface area (Å²) in [7, 11) is -3.42. The Morgan fingerprint density at radius 3 is 1.71 bits per heavy atom. The van der Waals surface area contributed by atoms with E-state index in [1.165, 1.54) is 0 Å². The van der Waals surface area contributed by atoms with Crippen molar-refractivity contribution in [1.82, 2.24) is 0 Å². The van der Waals surface area contributed by atoms with Crippen molar-refractivity contribution in [2.24, 2.45) is 0 Å². The Morgan fingerprint density at radius 2 is 1.38 bits per heavy atom. The van der Waals surface area contributed by atoms with E-state index >= 15 is 0 Å². The largest absolute Gasteiger partial charge is 0.466 e. The van der Waals surface area contributed by atoms with Crippen LogP contribution < -0.4 is 0 Å². The molecule has 0 N–H and O–H groups in total. The van der Waals surface area contributed by atoms with Gasteiger partial charge in [-0.1, -0.05) is 0 Å². The van der Waals surface area contributed by atoms with Gasteiger partial charge < -0.3 is 18.5 Å². The Labute approximate surface area is 129 Å². The molecule has 0 heterocycles. The van der Waals surface area contributed by atoms with E-state index in [0.717, 1.165) is 0 Å². The van der Waals surface area contributed by atoms with Crippen LogP contribution in [-0.4, -0.2) is 50.4 Å². The predicted octanol–water partition coefficient (Wildman–Crippen LogP) is 2.36. The number of rotatable bonds is 12. The second-order valence-corrected chi connectivity index (χ2v) is 6.36. The topological polar surface area (TPSA) is 88.1 Å². The number of hydrogen-bond donors (Lipinski definition) is 0. The number of alkyl halides is 1. The van der Waals surface area contributed by atoms with Crippen molar-refractivity contribution in [3.05, 3.63) is 0 Å². The molecule has 0 atom stereocenters. The van der Waals surface area contributed by atoms with Crippen molar-refractivity contribution in [1.29, 1.82) is 0 Å². The first-order chi connectivity index (χ1) is 9.97. The number of hydrogen-bond acceptors (Lipinski definition) is 7. The van der Waals surface area contributed by atoms with Gasteiger partial charge >= 0.3 is 19.5 Å². The number of halogens is 1. The van der Waals surface area contributed by atoms with Crippen molar-refractivity contribution in [2.45, 2.75) is 26.7 Å². The normalized spacial score (nSPS) is 11.2. The summed E-state index contributed by atoms with van der Waals surface area (Å²) >= 11 is 5.55. The van der Waals surface area contributed by atoms with Crippen molar-refractivity contribution < 1.29 is 32.7 Å². The third kappa shape index (κ3) is 10.7. The number of esters is 2. The van der Waals surface area contributed by atoms with Crippen LogP contribution in [-0.2, 0) is 32.7 Å². The average Bonchev–Trinajstić information content (AvgIpc) is 2.39. The molecule has 0 radical (unpaired) electrons. The van der Waals surface area contributed by atoms with Gasteiger partial charge in [0, 0.05) is 5.88 Å². The molecule has 124 valence electrons. The maximum Gasteiger partial charge on any atom is 0.331 e. The lowest BCUT2D eigenvalue weighted by Crippen LogP contribution is -2.11. The molecular weight excluding hydrogens is 323 g/mol. The first-order valence-electron chi connectivity index (χ1n) is 6.72. The van der Waals surface area contributed by atoms with E-state index in [1.54, 1.807) is 13.8 Å². The van der Waals surface area contributed by atoms with E-state index in [2.05, 4.69) is 0 Å². The SMILES string of the molecule is CCOC(=O)CCOP(=O)(CCCl)OCCC(=O)OCC. The zero-order valence-corrected chi connectivity index (χ0v) is 14.0. The standard InChI is InChI=1S/C12H22ClO7P/c1-3-17-11(14)5-8-19-21(16,10-7-13)20-9-6-12(15)18-4-2/h3-10H2,1-2H3. The van der Waals surface area contributed by atoms with E-state index in [4.69, 9.17) is 30.1 Å². The molecule has 0 saturated carbocycles. The molecule has 0 fully saturated rings. The molecule has 7 nitrogen and oxygen atoms in total. The summed E-state index contributed by atoms with van der Waals surface area (Å²) in [5.41, 5.74) is 0. The van der Waals surface area contributed by atoms with Gasteiger partial charge in [0.1, 0.15) is 0 Å². The zero-order chi connectivity index (χ0) is 16.1. The smallest absolute Gasteiger partial charge is 0.331 e. The van der Waals surface area contributed by atoms with E-state index in [1.807, 2.05) is 0 Å². The Kier molecular flexibility index (Phi) is 11.6. The number of carbonyl (C=O) groups is 2. The minimum atomic E-state index is -3.42. The zero-order valence-electron chi connectivity index (χ0n) is 12.3. The van der Waals surface area contributed by atoms with Crippen LogP contribution in [0, 0.1) is 0 Å². The highest BCUT2D eigenvalue weighted by Gasteiger charge is 2.24. The lowest BCUT2D eigenvalue weighted by Gasteiger charge is -2.17. The highest BCUT2D eigenvalue weighted by molar-refractivity contribution is 7.53. The molecule has 0 amide bonds. The fourth-order valence-corrected chi connectivity index (χ4v) is 3.17. The summed E-state index contributed by atoms with van der Waals surface area (Å²) in [5, 5.41) is 0. The van der Waals surface area contributed by atoms with Crippen LogP contribution in [0.5, 0.6) is 0 Å². The quantitative estimate of drug-likeness (QED) is 0.305. The predicted molar refractivity (Wildman–Crippen MR) is 77.6 cm³/mol. The summed E-state index contributed by atoms with van der Waals surface area (Å²) in [6, 6.07) is 0. The van der Waals surface area contributed by atoms with Crippen LogP contribution in [0.25, 0.3) is 0 Å². The van der Waals surface area contributed by atoms with Crippen molar-refractivity contribution in [2.75, 3.05) is 38.5 Å². The van der Waals surface area contributed by atoms with Gasteiger partial charge in [0.2, 0.25) is 0 Å². The molecule has 0 aliphatic rings. The molecule has 0 bridgehead atoms. The van der Waals surface area contributed by atoms with Gasteiger partial charge in [0.15, 0.2) is 0 Å². The van der Waals surface area contributed by atoms with Crippen molar-refractivity contribution in [3.63, 3.8) is 0 Å². The third-order valence-electron chi connectivity index (χ3n) is 2.16. The first kappa shape index (κ1) is 20.4. The van der Waals surface area contributed by atoms with E-state index < -0.39 is 19.5 Å². The van der Waals surface area contributed by atoms with Crippen LogP contribution in [0.2, 0.25) is 0 Å². The highest BCUT2D eigenvalue weighted by atomic mass is 35.5. The first-order valence-corrected chi connectivity index (χ1v) is 8.99. The minimum Gasteiger partial charge on any atom is -0.466 e. The Balaban J connectivity index is 4.13. The van der Waals surface area contributed by atoms with Crippen LogP contribution in [0.15, 0.2) is 0 Å². The molecule has 0 rings (SSSR count). The second kappa shape index (κ2) is 12.0. The van der Waals surface area contributed by atoms with Crippen LogP contribution in [0.4, 0.5) is 0 Å². The van der Waals surface area contributed by atoms with Crippen molar-refractivity contribution >= 4 is 31.1 Å². The maximum atomic E-state index is 12.3. The summed E-state index contributed by atoms with van der Waals surface area (Å²) in [5.74, 6) is -0.807. The lowest BCUT2D eigenvalue weighted by molar-refractivity contribution is -0.144. The van der Waals surface area contributed by atoms with Crippen LogP contribution in [0.3, 0.4) is 0 Å². The van der Waals surface area contributed by atoms with Gasteiger partial charge in [0.05, 0.1) is 45.4 Å². The van der Waals surface area contributed by atoms with Gasteiger partial charge in [-0.05, 0) is 13.8 Å². The molecule has 0 saturated heterocycles. The van der Waals surface area contributed by atoms with Crippen molar-refractivity contribution in [3.8, 4) is 0 Å². The summed E-state index contributed by atoms with van der Waals surface area (Å²) in [6.45, 7) is 3.74. The molecule has 0 aromatic carbocycles. The monoisotopic (exact) mass is 344 g/mol. The molecule has 0 unspecified atom stereocenters. The Hall–Kier alpha value is -0.620. The summed E-state index contributed by atoms with van der Waals surface area (Å²) in [4.78, 5) is 22.3. The summed E-state index contributed by atoms with van der Waals surface area (Å²) < 4.78 is 31.9. The highest BCUT2D eigenvalue weighted by Crippen LogP contribution is 2.48. The lowest BCUT2D eigenvalue weighted by atomic mass is 10.5. The fourth-order valence-electron chi connectivity index (χ4n) is 1.27. The third-order valence-corrected chi connectivity index (χ3v) is 4.53. The number of carbonyl (C=O) groups excluding carboxylic acids is 2. The molecule has 0 aromatic rings. The Morgan fingerprint density at radius 1 is 0.952 bits per heavy atom. The molecule has 0 spiro atoms. The molecule has 0 aliphatic carbocycles. The maximum absolute atomic E-state index is 12.3. The van der Waals surface area contributed by atoms with Crippen LogP contribution in [0.1, 0.15) is 26.7 Å².